The van der Waals surface area contributed by atoms with Gasteiger partial charge in [0.15, 0.2) is 0 Å². The van der Waals surface area contributed by atoms with E-state index >= 15 is 0 Å². The zero-order chi connectivity index (χ0) is 15.5. The molecule has 2 aromatic carbocycles. The summed E-state index contributed by atoms with van der Waals surface area (Å²) >= 11 is 1.77. The molecule has 0 spiro atoms. The Kier molecular flexibility index (Phi) is 4.26. The van der Waals surface area contributed by atoms with Crippen LogP contribution in [-0.4, -0.2) is 24.2 Å². The van der Waals surface area contributed by atoms with Gasteiger partial charge in [0.2, 0.25) is 0 Å². The molecule has 4 rings (SSSR count). The molecule has 1 atom stereocenters. The minimum Gasteiger partial charge on any atom is -0.492 e. The molecule has 1 fully saturated rings. The predicted octanol–water partition coefficient (Wildman–Crippen LogP) is 4.02. The van der Waals surface area contributed by atoms with Gasteiger partial charge in [-0.3, -0.25) is 0 Å². The van der Waals surface area contributed by atoms with E-state index in [1.165, 1.54) is 23.1 Å². The van der Waals surface area contributed by atoms with E-state index in [0.717, 1.165) is 35.8 Å². The number of aromatic nitrogens is 1. The topological polar surface area (TPSA) is 34.1 Å². The molecule has 1 unspecified atom stereocenters. The molecule has 118 valence electrons. The Bertz CT molecular complexity index is 742. The minimum atomic E-state index is 0.512. The van der Waals surface area contributed by atoms with Gasteiger partial charge in [0.25, 0.3) is 0 Å². The molecule has 23 heavy (non-hydrogen) atoms. The highest BCUT2D eigenvalue weighted by Crippen LogP contribution is 2.24. The molecule has 1 N–H and O–H groups in total. The zero-order valence-electron chi connectivity index (χ0n) is 13.0. The summed E-state index contributed by atoms with van der Waals surface area (Å²) in [7, 11) is 0. The van der Waals surface area contributed by atoms with Gasteiger partial charge in [0, 0.05) is 12.5 Å². The van der Waals surface area contributed by atoms with Gasteiger partial charge in [-0.1, -0.05) is 24.3 Å². The Morgan fingerprint density at radius 1 is 1.13 bits per heavy atom. The number of fused-ring (bicyclic) bond motifs is 1. The first-order valence-electron chi connectivity index (χ1n) is 8.16. The fraction of sp³-hybridized carbons (Fsp3) is 0.316. The second-order valence-corrected chi connectivity index (χ2v) is 7.12. The van der Waals surface area contributed by atoms with Gasteiger partial charge in [-0.25, -0.2) is 4.98 Å². The first kappa shape index (κ1) is 14.7. The second kappa shape index (κ2) is 6.69. The van der Waals surface area contributed by atoms with E-state index in [1.807, 2.05) is 6.07 Å². The predicted molar refractivity (Wildman–Crippen MR) is 95.4 cm³/mol. The average molecular weight is 324 g/mol. The number of thiazole rings is 1. The van der Waals surface area contributed by atoms with Crippen molar-refractivity contribution in [1.82, 2.24) is 10.3 Å². The van der Waals surface area contributed by atoms with Crippen molar-refractivity contribution in [1.29, 1.82) is 0 Å². The van der Waals surface area contributed by atoms with Crippen LogP contribution in [-0.2, 0) is 6.42 Å². The minimum absolute atomic E-state index is 0.512. The Labute approximate surface area is 140 Å². The molecule has 0 amide bonds. The van der Waals surface area contributed by atoms with Crippen LogP contribution in [0.15, 0.2) is 48.5 Å². The van der Waals surface area contributed by atoms with Gasteiger partial charge in [0.05, 0.1) is 15.2 Å². The van der Waals surface area contributed by atoms with Crippen LogP contribution in [0.25, 0.3) is 10.2 Å². The highest BCUT2D eigenvalue weighted by atomic mass is 32.1. The van der Waals surface area contributed by atoms with Crippen molar-refractivity contribution in [2.45, 2.75) is 25.3 Å². The molecule has 4 heteroatoms. The van der Waals surface area contributed by atoms with Crippen molar-refractivity contribution in [3.63, 3.8) is 0 Å². The van der Waals surface area contributed by atoms with Crippen LogP contribution in [0.2, 0.25) is 0 Å². The Morgan fingerprint density at radius 2 is 2.00 bits per heavy atom. The molecular formula is C19H20N2OS. The smallest absolute Gasteiger partial charge is 0.119 e. The van der Waals surface area contributed by atoms with Crippen LogP contribution in [0.1, 0.15) is 23.4 Å². The molecule has 1 aliphatic heterocycles. The van der Waals surface area contributed by atoms with E-state index in [1.54, 1.807) is 11.3 Å². The van der Waals surface area contributed by atoms with Crippen LogP contribution in [0.5, 0.6) is 5.75 Å². The maximum absolute atomic E-state index is 5.87. The van der Waals surface area contributed by atoms with Crippen molar-refractivity contribution in [2.24, 2.45) is 0 Å². The monoisotopic (exact) mass is 324 g/mol. The van der Waals surface area contributed by atoms with Crippen molar-refractivity contribution in [3.8, 4) is 5.75 Å². The van der Waals surface area contributed by atoms with E-state index < -0.39 is 0 Å². The first-order valence-corrected chi connectivity index (χ1v) is 8.98. The lowest BCUT2D eigenvalue weighted by Gasteiger charge is -2.12. The summed E-state index contributed by atoms with van der Waals surface area (Å²) in [5.41, 5.74) is 2.37. The third-order valence-electron chi connectivity index (χ3n) is 4.23. The first-order chi connectivity index (χ1) is 11.4. The average Bonchev–Trinajstić information content (AvgIpc) is 3.23. The fourth-order valence-corrected chi connectivity index (χ4v) is 3.97. The number of hydrogen-bond acceptors (Lipinski definition) is 4. The molecule has 0 radical (unpaired) electrons. The molecular weight excluding hydrogens is 304 g/mol. The number of benzene rings is 2. The summed E-state index contributed by atoms with van der Waals surface area (Å²) in [5.74, 6) is 0.951. The van der Waals surface area contributed by atoms with Crippen molar-refractivity contribution in [3.05, 3.63) is 59.1 Å². The summed E-state index contributed by atoms with van der Waals surface area (Å²) in [6, 6.07) is 17.2. The molecule has 2 heterocycles. The Morgan fingerprint density at radius 3 is 2.78 bits per heavy atom. The number of nitrogens with zero attached hydrogens (tertiary/aromatic N) is 1. The molecule has 3 aromatic rings. The molecule has 3 nitrogen and oxygen atoms in total. The molecule has 1 saturated heterocycles. The maximum atomic E-state index is 5.87. The van der Waals surface area contributed by atoms with E-state index in [9.17, 15) is 0 Å². The zero-order valence-corrected chi connectivity index (χ0v) is 13.8. The summed E-state index contributed by atoms with van der Waals surface area (Å²) in [6.45, 7) is 1.88. The molecule has 0 bridgehead atoms. The van der Waals surface area contributed by atoms with Gasteiger partial charge < -0.3 is 10.1 Å². The Balaban J connectivity index is 1.39. The van der Waals surface area contributed by atoms with Crippen LogP contribution < -0.4 is 10.1 Å². The van der Waals surface area contributed by atoms with Gasteiger partial charge in [-0.05, 0) is 49.2 Å². The standard InChI is InChI=1S/C19H20N2OS/c1-2-6-18-17(5-1)21-19(23-18)12-14-7-9-16(10-8-14)22-13-15-4-3-11-20-15/h1-2,5-10,15,20H,3-4,11-13H2. The summed E-state index contributed by atoms with van der Waals surface area (Å²) in [5, 5.41) is 4.61. The lowest BCUT2D eigenvalue weighted by Crippen LogP contribution is -2.28. The SMILES string of the molecule is c1ccc2sc(Cc3ccc(OCC4CCCN4)cc3)nc2c1. The second-order valence-electron chi connectivity index (χ2n) is 6.00. The van der Waals surface area contributed by atoms with E-state index in [2.05, 4.69) is 47.8 Å². The highest BCUT2D eigenvalue weighted by molar-refractivity contribution is 7.18. The van der Waals surface area contributed by atoms with Gasteiger partial charge in [-0.15, -0.1) is 11.3 Å². The van der Waals surface area contributed by atoms with Gasteiger partial charge in [0.1, 0.15) is 12.4 Å². The van der Waals surface area contributed by atoms with Crippen LogP contribution in [0.4, 0.5) is 0 Å². The van der Waals surface area contributed by atoms with E-state index in [-0.39, 0.29) is 0 Å². The van der Waals surface area contributed by atoms with Crippen molar-refractivity contribution < 1.29 is 4.74 Å². The number of para-hydroxylation sites is 1. The van der Waals surface area contributed by atoms with Gasteiger partial charge in [-0.2, -0.15) is 0 Å². The number of rotatable bonds is 5. The summed E-state index contributed by atoms with van der Waals surface area (Å²) in [4.78, 5) is 4.70. The van der Waals surface area contributed by atoms with Crippen LogP contribution in [0.3, 0.4) is 0 Å². The summed E-state index contributed by atoms with van der Waals surface area (Å²) < 4.78 is 7.12. The lowest BCUT2D eigenvalue weighted by molar-refractivity contribution is 0.277. The van der Waals surface area contributed by atoms with Gasteiger partial charge >= 0.3 is 0 Å². The normalized spacial score (nSPS) is 17.7. The largest absolute Gasteiger partial charge is 0.492 e. The number of hydrogen-bond donors (Lipinski definition) is 1. The lowest BCUT2D eigenvalue weighted by atomic mass is 10.1. The molecule has 1 aromatic heterocycles. The maximum Gasteiger partial charge on any atom is 0.119 e. The highest BCUT2D eigenvalue weighted by Gasteiger charge is 2.14. The van der Waals surface area contributed by atoms with Crippen molar-refractivity contribution >= 4 is 21.6 Å². The Hall–Kier alpha value is -1.91. The van der Waals surface area contributed by atoms with Crippen molar-refractivity contribution in [2.75, 3.05) is 13.2 Å². The molecule has 0 saturated carbocycles. The van der Waals surface area contributed by atoms with E-state index in [0.29, 0.717) is 6.04 Å². The third-order valence-corrected chi connectivity index (χ3v) is 5.27. The molecule has 1 aliphatic rings. The third kappa shape index (κ3) is 3.54. The number of nitrogens with one attached hydrogen (secondary N) is 1. The van der Waals surface area contributed by atoms with Crippen LogP contribution >= 0.6 is 11.3 Å². The fourth-order valence-electron chi connectivity index (χ4n) is 2.97. The quantitative estimate of drug-likeness (QED) is 0.770. The van der Waals surface area contributed by atoms with E-state index in [4.69, 9.17) is 9.72 Å². The summed E-state index contributed by atoms with van der Waals surface area (Å²) in [6.07, 6.45) is 3.36. The molecule has 0 aliphatic carbocycles. The van der Waals surface area contributed by atoms with Crippen LogP contribution in [0, 0.1) is 0 Å². The number of ether oxygens (including phenoxy) is 1.